The quantitative estimate of drug-likeness (QED) is 0.478. The number of hydrogen-bond acceptors (Lipinski definition) is 6. The van der Waals surface area contributed by atoms with E-state index in [2.05, 4.69) is 14.4 Å². The summed E-state index contributed by atoms with van der Waals surface area (Å²) < 4.78 is 55.4. The van der Waals surface area contributed by atoms with Crippen LogP contribution in [-0.4, -0.2) is 28.0 Å². The molecule has 0 spiro atoms. The molecule has 0 saturated carbocycles. The van der Waals surface area contributed by atoms with Gasteiger partial charge in [0.1, 0.15) is 0 Å². The average Bonchev–Trinajstić information content (AvgIpc) is 1.78. The van der Waals surface area contributed by atoms with E-state index in [-0.39, 0.29) is 0 Å². The third-order valence-corrected chi connectivity index (χ3v) is 2.28. The minimum absolute atomic E-state index is 0.447. The molecule has 0 aliphatic carbocycles. The normalized spacial score (nSPS) is 12.8. The van der Waals surface area contributed by atoms with E-state index in [1.54, 1.807) is 0 Å². The standard InChI is InChI=1S/C3H6O7S2/c1-2-3-9-12(7,8)10-11(4,5)6/h2H,1,3H2,(H,4,5,6). The van der Waals surface area contributed by atoms with Gasteiger partial charge < -0.3 is 0 Å². The Hall–Kier alpha value is -0.480. The highest BCUT2D eigenvalue weighted by atomic mass is 32.3. The molecule has 0 heterocycles. The lowest BCUT2D eigenvalue weighted by molar-refractivity contribution is 0.288. The maximum atomic E-state index is 10.4. The second-order valence-corrected chi connectivity index (χ2v) is 3.93. The molecule has 1 N–H and O–H groups in total. The van der Waals surface area contributed by atoms with E-state index in [0.29, 0.717) is 0 Å². The number of rotatable bonds is 5. The molecule has 0 amide bonds. The summed E-state index contributed by atoms with van der Waals surface area (Å²) in [4.78, 5) is 0. The second-order valence-electron chi connectivity index (χ2n) is 1.48. The van der Waals surface area contributed by atoms with Crippen molar-refractivity contribution in [3.05, 3.63) is 12.7 Å². The molecule has 0 aliphatic heterocycles. The van der Waals surface area contributed by atoms with Crippen LogP contribution in [0.5, 0.6) is 0 Å². The van der Waals surface area contributed by atoms with Gasteiger partial charge in [-0.2, -0.15) is 16.8 Å². The molecule has 7 nitrogen and oxygen atoms in total. The summed E-state index contributed by atoms with van der Waals surface area (Å²) in [6.07, 6.45) is 1.06. The summed E-state index contributed by atoms with van der Waals surface area (Å²) in [6, 6.07) is 0. The Kier molecular flexibility index (Phi) is 3.80. The van der Waals surface area contributed by atoms with Crippen molar-refractivity contribution < 1.29 is 29.2 Å². The maximum absolute atomic E-state index is 10.4. The van der Waals surface area contributed by atoms with Gasteiger partial charge in [-0.3, -0.25) is 4.55 Å². The van der Waals surface area contributed by atoms with Crippen molar-refractivity contribution >= 4 is 20.8 Å². The SMILES string of the molecule is C=CCOS(=O)(=O)OS(=O)(=O)O. The van der Waals surface area contributed by atoms with Gasteiger partial charge in [0, 0.05) is 0 Å². The van der Waals surface area contributed by atoms with Crippen molar-refractivity contribution in [3.8, 4) is 0 Å². The van der Waals surface area contributed by atoms with Crippen LogP contribution < -0.4 is 0 Å². The summed E-state index contributed by atoms with van der Waals surface area (Å²) in [5.74, 6) is 0. The second kappa shape index (κ2) is 3.96. The van der Waals surface area contributed by atoms with E-state index in [0.717, 1.165) is 6.08 Å². The molecule has 9 heteroatoms. The molecule has 0 saturated heterocycles. The van der Waals surface area contributed by atoms with Gasteiger partial charge in [0.2, 0.25) is 0 Å². The first-order valence-corrected chi connectivity index (χ1v) is 5.15. The molecule has 0 unspecified atom stereocenters. The van der Waals surface area contributed by atoms with E-state index >= 15 is 0 Å². The molecule has 0 bridgehead atoms. The third-order valence-electron chi connectivity index (χ3n) is 0.500. The predicted octanol–water partition coefficient (Wildman–Crippen LogP) is -0.747. The van der Waals surface area contributed by atoms with E-state index in [9.17, 15) is 16.8 Å². The summed E-state index contributed by atoms with van der Waals surface area (Å²) in [6.45, 7) is 2.66. The van der Waals surface area contributed by atoms with Gasteiger partial charge >= 0.3 is 20.8 Å². The maximum Gasteiger partial charge on any atom is 0.416 e. The monoisotopic (exact) mass is 218 g/mol. The summed E-state index contributed by atoms with van der Waals surface area (Å²) >= 11 is 0. The summed E-state index contributed by atoms with van der Waals surface area (Å²) in [5, 5.41) is 0. The van der Waals surface area contributed by atoms with Crippen LogP contribution in [0.3, 0.4) is 0 Å². The third kappa shape index (κ3) is 6.24. The molecule has 72 valence electrons. The van der Waals surface area contributed by atoms with Gasteiger partial charge in [-0.05, 0) is 0 Å². The highest BCUT2D eigenvalue weighted by molar-refractivity contribution is 7.94. The molecule has 0 rings (SSSR count). The highest BCUT2D eigenvalue weighted by Gasteiger charge is 2.20. The van der Waals surface area contributed by atoms with Crippen LogP contribution in [0.15, 0.2) is 12.7 Å². The Labute approximate surface area is 69.9 Å². The predicted molar refractivity (Wildman–Crippen MR) is 37.7 cm³/mol. The smallest absolute Gasteiger partial charge is 0.263 e. The molecule has 0 aromatic heterocycles. The van der Waals surface area contributed by atoms with Crippen molar-refractivity contribution in [2.75, 3.05) is 6.61 Å². The molecule has 12 heavy (non-hydrogen) atoms. The first-order valence-electron chi connectivity index (χ1n) is 2.45. The van der Waals surface area contributed by atoms with E-state index in [4.69, 9.17) is 4.55 Å². The van der Waals surface area contributed by atoms with Crippen molar-refractivity contribution in [1.82, 2.24) is 0 Å². The minimum atomic E-state index is -5.06. The van der Waals surface area contributed by atoms with Crippen molar-refractivity contribution in [2.45, 2.75) is 0 Å². The lowest BCUT2D eigenvalue weighted by Gasteiger charge is -1.98. The first-order chi connectivity index (χ1) is 5.27. The van der Waals surface area contributed by atoms with Gasteiger partial charge in [0.05, 0.1) is 6.61 Å². The zero-order chi connectivity index (χ0) is 9.83. The average molecular weight is 218 g/mol. The van der Waals surface area contributed by atoms with Crippen LogP contribution >= 0.6 is 0 Å². The lowest BCUT2D eigenvalue weighted by Crippen LogP contribution is -2.15. The van der Waals surface area contributed by atoms with Gasteiger partial charge in [-0.25, -0.2) is 4.18 Å². The largest absolute Gasteiger partial charge is 0.416 e. The summed E-state index contributed by atoms with van der Waals surface area (Å²) in [5.41, 5.74) is 0. The highest BCUT2D eigenvalue weighted by Crippen LogP contribution is 2.00. The van der Waals surface area contributed by atoms with Gasteiger partial charge in [0.15, 0.2) is 0 Å². The van der Waals surface area contributed by atoms with Crippen LogP contribution in [0, 0.1) is 0 Å². The molecule has 0 aromatic carbocycles. The molecule has 0 fully saturated rings. The summed E-state index contributed by atoms with van der Waals surface area (Å²) in [7, 11) is -9.77. The topological polar surface area (TPSA) is 107 Å². The van der Waals surface area contributed by atoms with Gasteiger partial charge in [-0.1, -0.05) is 6.08 Å². The van der Waals surface area contributed by atoms with Crippen molar-refractivity contribution in [2.24, 2.45) is 0 Å². The van der Waals surface area contributed by atoms with E-state index in [1.165, 1.54) is 0 Å². The number of hydrogen-bond donors (Lipinski definition) is 1. The Bertz CT molecular complexity index is 335. The molecule has 0 atom stereocenters. The van der Waals surface area contributed by atoms with Gasteiger partial charge in [-0.15, -0.1) is 10.2 Å². The zero-order valence-electron chi connectivity index (χ0n) is 5.70. The van der Waals surface area contributed by atoms with Crippen molar-refractivity contribution in [1.29, 1.82) is 0 Å². The van der Waals surface area contributed by atoms with Gasteiger partial charge in [0.25, 0.3) is 0 Å². The van der Waals surface area contributed by atoms with Crippen LogP contribution in [-0.2, 0) is 28.6 Å². The zero-order valence-corrected chi connectivity index (χ0v) is 7.34. The molecule has 0 radical (unpaired) electrons. The Morgan fingerprint density at radius 3 is 2.17 bits per heavy atom. The first kappa shape index (κ1) is 11.5. The van der Waals surface area contributed by atoms with Crippen LogP contribution in [0.2, 0.25) is 0 Å². The fourth-order valence-corrected chi connectivity index (χ4v) is 1.52. The minimum Gasteiger partial charge on any atom is -0.263 e. The fraction of sp³-hybridized carbons (Fsp3) is 0.333. The molecular weight excluding hydrogens is 212 g/mol. The van der Waals surface area contributed by atoms with Crippen LogP contribution in [0.4, 0.5) is 0 Å². The Balaban J connectivity index is 4.35. The lowest BCUT2D eigenvalue weighted by atomic mass is 10.7. The molecular formula is C3H6O7S2. The Morgan fingerprint density at radius 2 is 1.83 bits per heavy atom. The van der Waals surface area contributed by atoms with E-state index in [1.807, 2.05) is 0 Å². The van der Waals surface area contributed by atoms with E-state index < -0.39 is 27.4 Å². The fourth-order valence-electron chi connectivity index (χ4n) is 0.256. The van der Waals surface area contributed by atoms with Crippen LogP contribution in [0.1, 0.15) is 0 Å². The van der Waals surface area contributed by atoms with Crippen LogP contribution in [0.25, 0.3) is 0 Å². The molecule has 0 aromatic rings. The molecule has 0 aliphatic rings. The Morgan fingerprint density at radius 1 is 1.33 bits per heavy atom. The van der Waals surface area contributed by atoms with Crippen molar-refractivity contribution in [3.63, 3.8) is 0 Å².